The summed E-state index contributed by atoms with van der Waals surface area (Å²) in [5.41, 5.74) is 3.60. The number of aliphatic hydroxyl groups is 3. The van der Waals surface area contributed by atoms with Crippen LogP contribution in [0.25, 0.3) is 66.9 Å². The van der Waals surface area contributed by atoms with Gasteiger partial charge in [0.25, 0.3) is 16.7 Å². The Morgan fingerprint density at radius 2 is 0.781 bits per heavy atom. The number of cyclic esters (lactones) is 3. The number of aromatic nitrogens is 6. The van der Waals surface area contributed by atoms with E-state index >= 15 is 0 Å². The molecule has 18 nitrogen and oxygen atoms in total. The number of carbonyl (C=O) groups excluding carboxylic acids is 3. The SMILES string of the molecule is CC[C@@]1(O)C(=O)OCc2c1cc1n(c2=O)Cc2c-1nc1ccccc1c2CC[Si](C)(C)C.[2H]C([2H])(c1c2c(nc3ccccc13)-c1cc3c(c(=O)n1C2)COC(=O)[C@]3(O)CC)C([2H])([2H])[Si](C)(C)C.[2H]C1([2H])c2c(nc3ccccc3c2CC[Si](C)(C)C)-c2cc3c(c(=O)n21)COC(=O)[C@]3(O)CC. The molecule has 0 saturated heterocycles. The second-order valence-electron chi connectivity index (χ2n) is 29.4. The molecule has 0 fully saturated rings. The van der Waals surface area contributed by atoms with Gasteiger partial charge in [-0.2, -0.15) is 0 Å². The highest BCUT2D eigenvalue weighted by Crippen LogP contribution is 2.45. The summed E-state index contributed by atoms with van der Waals surface area (Å²) in [6.07, 6.45) is -0.550. The fourth-order valence-electron chi connectivity index (χ4n) is 13.9. The highest BCUT2D eigenvalue weighted by Gasteiger charge is 2.49. The van der Waals surface area contributed by atoms with Gasteiger partial charge >= 0.3 is 17.9 Å². The van der Waals surface area contributed by atoms with Gasteiger partial charge in [0.05, 0.1) is 89.7 Å². The van der Waals surface area contributed by atoms with Crippen LogP contribution in [0.1, 0.15) is 115 Å². The first-order valence-corrected chi connectivity index (χ1v) is 43.9. The molecule has 21 heteroatoms. The van der Waals surface area contributed by atoms with E-state index < -0.39 is 88.9 Å². The number of hydrogen-bond donors (Lipinski definition) is 3. The Morgan fingerprint density at radius 1 is 0.458 bits per heavy atom. The van der Waals surface area contributed by atoms with Gasteiger partial charge in [0.2, 0.25) is 0 Å². The number of hydrogen-bond acceptors (Lipinski definition) is 15. The summed E-state index contributed by atoms with van der Waals surface area (Å²) >= 11 is 0. The molecule has 0 unspecified atom stereocenters. The normalized spacial score (nSPS) is 21.2. The topological polar surface area (TPSA) is 244 Å². The molecule has 6 aliphatic heterocycles. The maximum absolute atomic E-state index is 13.6. The molecule has 0 saturated carbocycles. The third-order valence-corrected chi connectivity index (χ3v) is 23.9. The molecule has 3 N–H and O–H groups in total. The average molecular weight is 1350 g/mol. The maximum Gasteiger partial charge on any atom is 0.343 e. The van der Waals surface area contributed by atoms with Gasteiger partial charge in [-0.1, -0.05) is 152 Å². The number of pyridine rings is 6. The zero-order valence-electron chi connectivity index (χ0n) is 62.3. The van der Waals surface area contributed by atoms with E-state index in [4.69, 9.17) is 37.4 Å². The molecule has 0 radical (unpaired) electrons. The van der Waals surface area contributed by atoms with Crippen molar-refractivity contribution in [2.24, 2.45) is 0 Å². The summed E-state index contributed by atoms with van der Waals surface area (Å²) in [5, 5.41) is 35.8. The third kappa shape index (κ3) is 11.2. The van der Waals surface area contributed by atoms with Crippen molar-refractivity contribution in [3.8, 4) is 34.2 Å². The van der Waals surface area contributed by atoms with Crippen LogP contribution in [0.4, 0.5) is 0 Å². The highest BCUT2D eigenvalue weighted by molar-refractivity contribution is 6.76. The number of carbonyl (C=O) groups is 3. The minimum Gasteiger partial charge on any atom is -0.458 e. The molecule has 6 aliphatic rings. The first-order valence-electron chi connectivity index (χ1n) is 36.0. The third-order valence-electron chi connectivity index (χ3n) is 19.5. The van der Waals surface area contributed by atoms with Crippen LogP contribution in [0.15, 0.2) is 105 Å². The summed E-state index contributed by atoms with van der Waals surface area (Å²) < 4.78 is 73.9. The molecule has 9 aromatic rings. The molecule has 12 heterocycles. The first-order chi connectivity index (χ1) is 47.7. The van der Waals surface area contributed by atoms with Crippen molar-refractivity contribution >= 4 is 74.8 Å². The Bertz CT molecular complexity index is 5310. The van der Waals surface area contributed by atoms with Gasteiger partial charge in [-0.05, 0) is 91.6 Å². The van der Waals surface area contributed by atoms with Gasteiger partial charge in [-0.15, -0.1) is 0 Å². The van der Waals surface area contributed by atoms with Crippen LogP contribution in [0.5, 0.6) is 0 Å². The number of fused-ring (bicyclic) bond motifs is 15. The van der Waals surface area contributed by atoms with E-state index in [1.807, 2.05) is 42.5 Å². The van der Waals surface area contributed by atoms with E-state index in [1.165, 1.54) is 10.1 Å². The fraction of sp³-hybridized carbons (Fsp3) is 0.400. The highest BCUT2D eigenvalue weighted by atomic mass is 28.3. The van der Waals surface area contributed by atoms with Crippen LogP contribution in [0.3, 0.4) is 0 Å². The van der Waals surface area contributed by atoms with Crippen LogP contribution in [0, 0.1) is 0 Å². The molecule has 6 aromatic heterocycles. The van der Waals surface area contributed by atoms with Crippen molar-refractivity contribution in [1.82, 2.24) is 28.7 Å². The van der Waals surface area contributed by atoms with Gasteiger partial charge in [0.15, 0.2) is 16.8 Å². The molecule has 0 bridgehead atoms. The van der Waals surface area contributed by atoms with E-state index in [1.54, 1.807) is 87.4 Å². The van der Waals surface area contributed by atoms with E-state index in [-0.39, 0.29) is 84.7 Å². The van der Waals surface area contributed by atoms with Crippen molar-refractivity contribution in [3.63, 3.8) is 0 Å². The number of rotatable bonds is 12. The average Bonchev–Trinajstić information content (AvgIpc) is 1.52. The summed E-state index contributed by atoms with van der Waals surface area (Å²) in [6, 6.07) is 29.8. The largest absolute Gasteiger partial charge is 0.458 e. The second kappa shape index (κ2) is 24.0. The molecular weight excluding hydrogens is 1260 g/mol. The zero-order valence-corrected chi connectivity index (χ0v) is 59.3. The molecule has 96 heavy (non-hydrogen) atoms. The van der Waals surface area contributed by atoms with Gasteiger partial charge in [-0.25, -0.2) is 29.3 Å². The van der Waals surface area contributed by atoms with Gasteiger partial charge < -0.3 is 43.2 Å². The van der Waals surface area contributed by atoms with Crippen LogP contribution in [-0.2, 0) is 104 Å². The Hall–Kier alpha value is -8.32. The van der Waals surface area contributed by atoms with Crippen LogP contribution < -0.4 is 16.7 Å². The van der Waals surface area contributed by atoms with Crippen LogP contribution in [-0.4, -0.2) is 86.1 Å². The predicted octanol–water partition coefficient (Wildman–Crippen LogP) is 11.9. The number of benzene rings is 3. The predicted molar refractivity (Wildman–Crippen MR) is 379 cm³/mol. The summed E-state index contributed by atoms with van der Waals surface area (Å²) in [5.74, 6) is -4.45. The summed E-state index contributed by atoms with van der Waals surface area (Å²) in [6.45, 7) is 22.0. The number of ether oxygens (including phenoxy) is 3. The second-order valence-corrected chi connectivity index (χ2v) is 45.4. The van der Waals surface area contributed by atoms with Crippen LogP contribution >= 0.6 is 0 Å². The number of para-hydroxylation sites is 3. The van der Waals surface area contributed by atoms with Crippen molar-refractivity contribution in [2.45, 2.75) is 192 Å². The number of esters is 3. The van der Waals surface area contributed by atoms with Crippen molar-refractivity contribution < 1.29 is 52.1 Å². The molecule has 15 rings (SSSR count). The monoisotopic (exact) mass is 1350 g/mol. The van der Waals surface area contributed by atoms with Gasteiger partial charge in [0, 0.05) is 79.2 Å². The molecule has 0 aliphatic carbocycles. The Labute approximate surface area is 568 Å². The molecule has 498 valence electrons. The molecule has 0 amide bonds. The minimum absolute atomic E-state index is 0.00371. The van der Waals surface area contributed by atoms with Crippen molar-refractivity contribution in [1.29, 1.82) is 0 Å². The summed E-state index contributed by atoms with van der Waals surface area (Å²) in [4.78, 5) is 92.4. The van der Waals surface area contributed by atoms with Crippen LogP contribution in [0.2, 0.25) is 77.0 Å². The van der Waals surface area contributed by atoms with Gasteiger partial charge in [0.1, 0.15) is 19.8 Å². The zero-order chi connectivity index (χ0) is 73.9. The quantitative estimate of drug-likeness (QED) is 0.0585. The van der Waals surface area contributed by atoms with E-state index in [0.29, 0.717) is 68.9 Å². The van der Waals surface area contributed by atoms with Crippen molar-refractivity contribution in [2.75, 3.05) is 0 Å². The molecular formula is C75H84N6O12Si3. The Kier molecular flexibility index (Phi) is 14.8. The molecule has 3 atom stereocenters. The standard InChI is InChI=1S/3C25H28N2O4Si/c3*1-5-25(30)19-12-21-22-17(13-27(21)23(28)18(19)14-31-24(25)29)15(10-11-32(2,3)4)16-8-6-7-9-20(16)26-22/h3*6-9,12,30H,5,10-11,13-14H2,1-4H3/t3*25-/m000/s1/i10D2,11D2;13D2;. The lowest BCUT2D eigenvalue weighted by Gasteiger charge is -2.31. The van der Waals surface area contributed by atoms with Crippen molar-refractivity contribution in [3.05, 3.63) is 189 Å². The lowest BCUT2D eigenvalue weighted by molar-refractivity contribution is -0.172. The minimum atomic E-state index is -2.68. The molecule has 0 spiro atoms. The Morgan fingerprint density at radius 3 is 1.15 bits per heavy atom. The molecule has 3 aromatic carbocycles. The number of aryl methyl sites for hydroxylation is 3. The lowest BCUT2D eigenvalue weighted by Crippen LogP contribution is -2.44. The van der Waals surface area contributed by atoms with Gasteiger partial charge in [-0.3, -0.25) is 14.4 Å². The lowest BCUT2D eigenvalue weighted by atomic mass is 9.86. The van der Waals surface area contributed by atoms with E-state index in [2.05, 4.69) is 45.3 Å². The smallest absolute Gasteiger partial charge is 0.343 e. The fourth-order valence-corrected chi connectivity index (χ4v) is 16.4. The van der Waals surface area contributed by atoms with E-state index in [9.17, 15) is 44.1 Å². The van der Waals surface area contributed by atoms with E-state index in [0.717, 1.165) is 61.7 Å². The Balaban J connectivity index is 0.000000137. The summed E-state index contributed by atoms with van der Waals surface area (Å²) in [7, 11) is -5.41. The maximum atomic E-state index is 13.6. The first kappa shape index (κ1) is 59.0. The number of nitrogens with zero attached hydrogens (tertiary/aromatic N) is 6.